The van der Waals surface area contributed by atoms with Crippen molar-refractivity contribution < 1.29 is 4.52 Å². The molecule has 0 amide bonds. The fraction of sp³-hybridized carbons (Fsp3) is 0.647. The Labute approximate surface area is 136 Å². The summed E-state index contributed by atoms with van der Waals surface area (Å²) in [5.74, 6) is 2.06. The van der Waals surface area contributed by atoms with E-state index >= 15 is 0 Å². The van der Waals surface area contributed by atoms with E-state index in [2.05, 4.69) is 32.0 Å². The highest BCUT2D eigenvalue weighted by molar-refractivity contribution is 5.13. The van der Waals surface area contributed by atoms with Crippen molar-refractivity contribution in [1.29, 1.82) is 0 Å². The van der Waals surface area contributed by atoms with E-state index in [-0.39, 0.29) is 0 Å². The maximum Gasteiger partial charge on any atom is 0.150 e. The van der Waals surface area contributed by atoms with Crippen molar-refractivity contribution in [2.24, 2.45) is 12.5 Å². The Morgan fingerprint density at radius 3 is 2.87 bits per heavy atom. The van der Waals surface area contributed by atoms with Gasteiger partial charge in [0.1, 0.15) is 5.82 Å². The smallest absolute Gasteiger partial charge is 0.150 e. The third kappa shape index (κ3) is 2.93. The highest BCUT2D eigenvalue weighted by atomic mass is 16.5. The lowest BCUT2D eigenvalue weighted by Crippen LogP contribution is -2.36. The summed E-state index contributed by atoms with van der Waals surface area (Å²) in [4.78, 5) is 7.04. The van der Waals surface area contributed by atoms with Gasteiger partial charge in [-0.05, 0) is 44.7 Å². The molecule has 6 nitrogen and oxygen atoms in total. The minimum Gasteiger partial charge on any atom is -0.360 e. The van der Waals surface area contributed by atoms with Gasteiger partial charge in [0.2, 0.25) is 0 Å². The molecule has 1 spiro atoms. The van der Waals surface area contributed by atoms with Crippen molar-refractivity contribution in [2.45, 2.75) is 45.3 Å². The number of rotatable bonds is 5. The Balaban J connectivity index is 1.53. The van der Waals surface area contributed by atoms with Gasteiger partial charge in [-0.25, -0.2) is 4.98 Å². The van der Waals surface area contributed by atoms with Crippen LogP contribution in [0.1, 0.15) is 36.5 Å². The van der Waals surface area contributed by atoms with Crippen molar-refractivity contribution in [1.82, 2.24) is 24.9 Å². The molecule has 6 heteroatoms. The average Bonchev–Trinajstić information content (AvgIpc) is 2.85. The summed E-state index contributed by atoms with van der Waals surface area (Å²) < 4.78 is 7.57. The quantitative estimate of drug-likeness (QED) is 0.912. The summed E-state index contributed by atoms with van der Waals surface area (Å²) in [5, 5.41) is 7.52. The molecule has 1 saturated heterocycles. The van der Waals surface area contributed by atoms with Gasteiger partial charge >= 0.3 is 0 Å². The Kier molecular flexibility index (Phi) is 3.73. The number of imidazole rings is 1. The van der Waals surface area contributed by atoms with Crippen LogP contribution in [0, 0.1) is 12.3 Å². The molecule has 23 heavy (non-hydrogen) atoms. The second-order valence-electron chi connectivity index (χ2n) is 7.13. The molecule has 3 heterocycles. The van der Waals surface area contributed by atoms with Crippen LogP contribution in [0.3, 0.4) is 0 Å². The molecule has 2 aliphatic rings. The van der Waals surface area contributed by atoms with E-state index in [9.17, 15) is 0 Å². The number of aryl methyl sites for hydroxylation is 2. The summed E-state index contributed by atoms with van der Waals surface area (Å²) in [6.45, 7) is 5.94. The van der Waals surface area contributed by atoms with Gasteiger partial charge in [0.15, 0.2) is 5.76 Å². The summed E-state index contributed by atoms with van der Waals surface area (Å²) >= 11 is 0. The normalized spacial score (nSPS) is 22.8. The Bertz CT molecular complexity index is 670. The van der Waals surface area contributed by atoms with Crippen molar-refractivity contribution in [3.05, 3.63) is 35.7 Å². The number of nitrogens with one attached hydrogen (secondary N) is 1. The zero-order chi connectivity index (χ0) is 15.9. The standard InChI is InChI=1S/C17H25N5O/c1-13-9-14(23-20-13)11-22(12-16-19-7-8-21(16)2)15-10-17(15)3-5-18-6-4-17/h7-9,15,18H,3-6,10-12H2,1-2H3. The van der Waals surface area contributed by atoms with E-state index in [1.54, 1.807) is 0 Å². The molecule has 0 radical (unpaired) electrons. The molecule has 1 aliphatic heterocycles. The van der Waals surface area contributed by atoms with Crippen LogP contribution in [0.25, 0.3) is 0 Å². The van der Waals surface area contributed by atoms with Gasteiger partial charge in [-0.2, -0.15) is 0 Å². The topological polar surface area (TPSA) is 59.1 Å². The third-order valence-electron chi connectivity index (χ3n) is 5.49. The third-order valence-corrected chi connectivity index (χ3v) is 5.49. The molecule has 1 aliphatic carbocycles. The Morgan fingerprint density at radius 2 is 2.22 bits per heavy atom. The van der Waals surface area contributed by atoms with Crippen LogP contribution in [0.2, 0.25) is 0 Å². The number of hydrogen-bond acceptors (Lipinski definition) is 5. The monoisotopic (exact) mass is 315 g/mol. The van der Waals surface area contributed by atoms with Gasteiger partial charge in [-0.3, -0.25) is 4.90 Å². The first-order chi connectivity index (χ1) is 11.2. The van der Waals surface area contributed by atoms with Crippen LogP contribution in [-0.2, 0) is 20.1 Å². The van der Waals surface area contributed by atoms with Gasteiger partial charge in [0.05, 0.1) is 18.8 Å². The molecule has 2 fully saturated rings. The lowest BCUT2D eigenvalue weighted by atomic mass is 9.93. The highest BCUT2D eigenvalue weighted by Gasteiger charge is 2.56. The zero-order valence-electron chi connectivity index (χ0n) is 14.0. The minimum atomic E-state index is 0.505. The summed E-state index contributed by atoms with van der Waals surface area (Å²) in [5.41, 5.74) is 1.45. The first-order valence-corrected chi connectivity index (χ1v) is 8.49. The molecule has 1 saturated carbocycles. The maximum absolute atomic E-state index is 5.47. The second-order valence-corrected chi connectivity index (χ2v) is 7.13. The number of nitrogens with zero attached hydrogens (tertiary/aromatic N) is 4. The van der Waals surface area contributed by atoms with Crippen LogP contribution in [-0.4, -0.2) is 38.7 Å². The SMILES string of the molecule is Cc1cc(CN(Cc2nccn2C)C2CC23CCNCC3)on1. The first-order valence-electron chi connectivity index (χ1n) is 8.49. The van der Waals surface area contributed by atoms with E-state index in [0.717, 1.165) is 43.5 Å². The van der Waals surface area contributed by atoms with E-state index in [1.165, 1.54) is 19.3 Å². The predicted molar refractivity (Wildman–Crippen MR) is 86.6 cm³/mol. The van der Waals surface area contributed by atoms with Crippen LogP contribution in [0.5, 0.6) is 0 Å². The maximum atomic E-state index is 5.47. The molecular formula is C17H25N5O. The molecule has 2 aromatic heterocycles. The van der Waals surface area contributed by atoms with Gasteiger partial charge < -0.3 is 14.4 Å². The average molecular weight is 315 g/mol. The highest BCUT2D eigenvalue weighted by Crippen LogP contribution is 2.56. The summed E-state index contributed by atoms with van der Waals surface area (Å²) in [6.07, 6.45) is 7.75. The minimum absolute atomic E-state index is 0.505. The zero-order valence-corrected chi connectivity index (χ0v) is 14.0. The van der Waals surface area contributed by atoms with E-state index in [0.29, 0.717) is 11.5 Å². The predicted octanol–water partition coefficient (Wildman–Crippen LogP) is 1.86. The summed E-state index contributed by atoms with van der Waals surface area (Å²) in [7, 11) is 2.06. The van der Waals surface area contributed by atoms with Gasteiger partial charge in [0.25, 0.3) is 0 Å². The molecule has 0 bridgehead atoms. The first kappa shape index (κ1) is 14.9. The van der Waals surface area contributed by atoms with Gasteiger partial charge in [-0.1, -0.05) is 5.16 Å². The molecule has 124 valence electrons. The second kappa shape index (κ2) is 5.76. The number of piperidine rings is 1. The molecule has 1 N–H and O–H groups in total. The van der Waals surface area contributed by atoms with E-state index in [1.807, 2.05) is 25.4 Å². The van der Waals surface area contributed by atoms with E-state index in [4.69, 9.17) is 4.52 Å². The largest absolute Gasteiger partial charge is 0.360 e. The molecule has 1 unspecified atom stereocenters. The van der Waals surface area contributed by atoms with Crippen molar-refractivity contribution in [2.75, 3.05) is 13.1 Å². The molecule has 1 atom stereocenters. The van der Waals surface area contributed by atoms with Crippen molar-refractivity contribution in [3.63, 3.8) is 0 Å². The molecule has 2 aromatic rings. The van der Waals surface area contributed by atoms with Crippen LogP contribution in [0.15, 0.2) is 23.0 Å². The lowest BCUT2D eigenvalue weighted by molar-refractivity contribution is 0.166. The summed E-state index contributed by atoms with van der Waals surface area (Å²) in [6, 6.07) is 2.68. The fourth-order valence-electron chi connectivity index (χ4n) is 4.00. The van der Waals surface area contributed by atoms with Gasteiger partial charge in [-0.15, -0.1) is 0 Å². The van der Waals surface area contributed by atoms with Crippen LogP contribution < -0.4 is 5.32 Å². The van der Waals surface area contributed by atoms with E-state index < -0.39 is 0 Å². The molecule has 4 rings (SSSR count). The number of aromatic nitrogens is 3. The molecule has 0 aromatic carbocycles. The van der Waals surface area contributed by atoms with Crippen LogP contribution in [0.4, 0.5) is 0 Å². The van der Waals surface area contributed by atoms with Crippen molar-refractivity contribution in [3.8, 4) is 0 Å². The van der Waals surface area contributed by atoms with Crippen molar-refractivity contribution >= 4 is 0 Å². The van der Waals surface area contributed by atoms with Gasteiger partial charge in [0, 0.05) is 31.5 Å². The lowest BCUT2D eigenvalue weighted by Gasteiger charge is -2.28. The molecular weight excluding hydrogens is 290 g/mol. The Morgan fingerprint density at radius 1 is 1.39 bits per heavy atom. The van der Waals surface area contributed by atoms with Crippen LogP contribution >= 0.6 is 0 Å². The number of hydrogen-bond donors (Lipinski definition) is 1. The Hall–Kier alpha value is -1.66. The fourth-order valence-corrected chi connectivity index (χ4v) is 4.00.